The zero-order valence-electron chi connectivity index (χ0n) is 22.1. The van der Waals surface area contributed by atoms with Gasteiger partial charge in [0.2, 0.25) is 0 Å². The number of esters is 1. The van der Waals surface area contributed by atoms with Crippen LogP contribution in [-0.2, 0) is 20.8 Å². The third-order valence-corrected chi connectivity index (χ3v) is 5.84. The summed E-state index contributed by atoms with van der Waals surface area (Å²) >= 11 is 6.22. The molecule has 1 unspecified atom stereocenters. The summed E-state index contributed by atoms with van der Waals surface area (Å²) < 4.78 is 12.3. The fourth-order valence-electron chi connectivity index (χ4n) is 4.06. The molecule has 0 fully saturated rings. The fraction of sp³-hybridized carbons (Fsp3) is 0.448. The summed E-state index contributed by atoms with van der Waals surface area (Å²) in [5.74, 6) is -0.259. The molecule has 6 heteroatoms. The highest BCUT2D eigenvalue weighted by Gasteiger charge is 2.30. The van der Waals surface area contributed by atoms with Crippen LogP contribution in [0, 0.1) is 12.3 Å². The molecular formula is C29H37ClN2O3. The van der Waals surface area contributed by atoms with Gasteiger partial charge in [0, 0.05) is 17.0 Å². The number of pyridine rings is 1. The fourth-order valence-corrected chi connectivity index (χ4v) is 4.18. The van der Waals surface area contributed by atoms with Crippen LogP contribution in [0.4, 0.5) is 0 Å². The summed E-state index contributed by atoms with van der Waals surface area (Å²) in [6.07, 6.45) is -0.464. The molecule has 0 radical (unpaired) electrons. The predicted octanol–water partition coefficient (Wildman–Crippen LogP) is 7.03. The molecule has 188 valence electrons. The Morgan fingerprint density at radius 2 is 1.71 bits per heavy atom. The van der Waals surface area contributed by atoms with Crippen LogP contribution in [0.25, 0.3) is 22.0 Å². The van der Waals surface area contributed by atoms with Crippen molar-refractivity contribution in [1.82, 2.24) is 10.3 Å². The Kier molecular flexibility index (Phi) is 8.25. The standard InChI is InChI=1S/C29H37ClN2O3/c1-18-15-23-22(14-13-21(32-23)16-31-8)26(19-9-11-20(30)12-10-19)25(18)24(35-29(5,6)7)17-34-27(33)28(2,3)4/h9-15,24,31H,16-17H2,1-8H3. The maximum Gasteiger partial charge on any atom is 0.311 e. The Bertz CT molecular complexity index is 1190. The van der Waals surface area contributed by atoms with E-state index in [9.17, 15) is 4.79 Å². The van der Waals surface area contributed by atoms with Crippen molar-refractivity contribution in [1.29, 1.82) is 0 Å². The van der Waals surface area contributed by atoms with Gasteiger partial charge in [-0.1, -0.05) is 29.8 Å². The Morgan fingerprint density at radius 1 is 1.06 bits per heavy atom. The number of nitrogens with zero attached hydrogens (tertiary/aromatic N) is 1. The van der Waals surface area contributed by atoms with Gasteiger partial charge in [-0.15, -0.1) is 0 Å². The van der Waals surface area contributed by atoms with Crippen LogP contribution in [-0.4, -0.2) is 30.2 Å². The summed E-state index contributed by atoms with van der Waals surface area (Å²) in [4.78, 5) is 17.5. The Morgan fingerprint density at radius 3 is 2.29 bits per heavy atom. The van der Waals surface area contributed by atoms with E-state index in [1.807, 2.05) is 78.9 Å². The lowest BCUT2D eigenvalue weighted by atomic mass is 9.88. The molecule has 0 aliphatic heterocycles. The molecule has 0 spiro atoms. The van der Waals surface area contributed by atoms with Crippen LogP contribution in [0.5, 0.6) is 0 Å². The summed E-state index contributed by atoms with van der Waals surface area (Å²) in [6.45, 7) is 14.4. The van der Waals surface area contributed by atoms with Crippen molar-refractivity contribution >= 4 is 28.5 Å². The van der Waals surface area contributed by atoms with Crippen molar-refractivity contribution < 1.29 is 14.3 Å². The molecule has 1 atom stereocenters. The van der Waals surface area contributed by atoms with Gasteiger partial charge in [0.25, 0.3) is 0 Å². The van der Waals surface area contributed by atoms with Crippen LogP contribution in [0.15, 0.2) is 42.5 Å². The average Bonchev–Trinajstić information content (AvgIpc) is 2.75. The van der Waals surface area contributed by atoms with Gasteiger partial charge in [0.1, 0.15) is 12.7 Å². The highest BCUT2D eigenvalue weighted by atomic mass is 35.5. The molecule has 3 aromatic rings. The summed E-state index contributed by atoms with van der Waals surface area (Å²) in [7, 11) is 1.91. The maximum atomic E-state index is 12.6. The summed E-state index contributed by atoms with van der Waals surface area (Å²) in [6, 6.07) is 14.0. The van der Waals surface area contributed by atoms with E-state index >= 15 is 0 Å². The van der Waals surface area contributed by atoms with E-state index < -0.39 is 17.1 Å². The number of fused-ring (bicyclic) bond motifs is 1. The molecule has 0 saturated heterocycles. The first kappa shape index (κ1) is 27.1. The molecule has 0 saturated carbocycles. The molecule has 1 aromatic heterocycles. The molecule has 0 bridgehead atoms. The Labute approximate surface area is 214 Å². The zero-order chi connectivity index (χ0) is 26.0. The second kappa shape index (κ2) is 10.7. The van der Waals surface area contributed by atoms with Crippen molar-refractivity contribution in [2.45, 2.75) is 66.7 Å². The van der Waals surface area contributed by atoms with Gasteiger partial charge in [-0.2, -0.15) is 0 Å². The number of aryl methyl sites for hydroxylation is 1. The highest BCUT2D eigenvalue weighted by molar-refractivity contribution is 6.30. The topological polar surface area (TPSA) is 60.5 Å². The number of hydrogen-bond acceptors (Lipinski definition) is 5. The number of carbonyl (C=O) groups excluding carboxylic acids is 1. The van der Waals surface area contributed by atoms with Crippen molar-refractivity contribution in [3.8, 4) is 11.1 Å². The molecule has 0 amide bonds. The SMILES string of the molecule is CNCc1ccc2c(-c3ccc(Cl)cc3)c(C(COC(=O)C(C)(C)C)OC(C)(C)C)c(C)cc2n1. The monoisotopic (exact) mass is 496 g/mol. The second-order valence-electron chi connectivity index (χ2n) is 11.0. The van der Waals surface area contributed by atoms with Gasteiger partial charge in [-0.25, -0.2) is 0 Å². The molecule has 0 aliphatic rings. The molecule has 3 rings (SSSR count). The molecule has 5 nitrogen and oxygen atoms in total. The lowest BCUT2D eigenvalue weighted by molar-refractivity contribution is -0.162. The van der Waals surface area contributed by atoms with Gasteiger partial charge in [-0.05, 0) is 102 Å². The van der Waals surface area contributed by atoms with Crippen LogP contribution < -0.4 is 5.32 Å². The van der Waals surface area contributed by atoms with E-state index in [2.05, 4.69) is 24.4 Å². The van der Waals surface area contributed by atoms with Crippen LogP contribution in [0.2, 0.25) is 5.02 Å². The second-order valence-corrected chi connectivity index (χ2v) is 11.4. The Hall–Kier alpha value is -2.47. The number of carbonyl (C=O) groups is 1. The van der Waals surface area contributed by atoms with E-state index in [0.29, 0.717) is 11.6 Å². The van der Waals surface area contributed by atoms with E-state index in [1.165, 1.54) is 0 Å². The third kappa shape index (κ3) is 6.81. The first-order valence-electron chi connectivity index (χ1n) is 12.0. The zero-order valence-corrected chi connectivity index (χ0v) is 22.8. The first-order chi connectivity index (χ1) is 16.3. The number of nitrogens with one attached hydrogen (secondary N) is 1. The van der Waals surface area contributed by atoms with E-state index in [4.69, 9.17) is 26.1 Å². The minimum atomic E-state index is -0.600. The normalized spacial score (nSPS) is 13.2. The number of halogens is 1. The molecular weight excluding hydrogens is 460 g/mol. The number of ether oxygens (including phenoxy) is 2. The number of aromatic nitrogens is 1. The van der Waals surface area contributed by atoms with E-state index in [1.54, 1.807) is 0 Å². The third-order valence-electron chi connectivity index (χ3n) is 5.59. The molecule has 2 aromatic carbocycles. The average molecular weight is 497 g/mol. The van der Waals surface area contributed by atoms with Crippen molar-refractivity contribution in [3.63, 3.8) is 0 Å². The predicted molar refractivity (Wildman–Crippen MR) is 144 cm³/mol. The molecule has 35 heavy (non-hydrogen) atoms. The highest BCUT2D eigenvalue weighted by Crippen LogP contribution is 2.40. The van der Waals surface area contributed by atoms with Crippen molar-refractivity contribution in [3.05, 3.63) is 64.3 Å². The molecule has 0 aliphatic carbocycles. The van der Waals surface area contributed by atoms with Gasteiger partial charge in [0.05, 0.1) is 22.2 Å². The number of hydrogen-bond donors (Lipinski definition) is 1. The van der Waals surface area contributed by atoms with Crippen molar-refractivity contribution in [2.75, 3.05) is 13.7 Å². The maximum absolute atomic E-state index is 12.6. The first-order valence-corrected chi connectivity index (χ1v) is 12.4. The van der Waals surface area contributed by atoms with Gasteiger partial charge in [0.15, 0.2) is 0 Å². The molecule has 1 heterocycles. The largest absolute Gasteiger partial charge is 0.462 e. The number of benzene rings is 2. The Balaban J connectivity index is 2.25. The van der Waals surface area contributed by atoms with Crippen LogP contribution in [0.1, 0.15) is 64.5 Å². The minimum Gasteiger partial charge on any atom is -0.462 e. The summed E-state index contributed by atoms with van der Waals surface area (Å²) in [5, 5.41) is 4.85. The smallest absolute Gasteiger partial charge is 0.311 e. The quantitative estimate of drug-likeness (QED) is 0.356. The van der Waals surface area contributed by atoms with Crippen LogP contribution in [0.3, 0.4) is 0 Å². The van der Waals surface area contributed by atoms with E-state index in [-0.39, 0.29) is 12.6 Å². The van der Waals surface area contributed by atoms with Gasteiger partial charge < -0.3 is 14.8 Å². The van der Waals surface area contributed by atoms with Crippen LogP contribution >= 0.6 is 11.6 Å². The van der Waals surface area contributed by atoms with Crippen molar-refractivity contribution in [2.24, 2.45) is 5.41 Å². The van der Waals surface area contributed by atoms with Gasteiger partial charge >= 0.3 is 5.97 Å². The number of rotatable bonds is 7. The minimum absolute atomic E-state index is 0.117. The molecule has 1 N–H and O–H groups in total. The van der Waals surface area contributed by atoms with E-state index in [0.717, 1.165) is 38.9 Å². The van der Waals surface area contributed by atoms with Gasteiger partial charge in [-0.3, -0.25) is 9.78 Å². The lowest BCUT2D eigenvalue weighted by Gasteiger charge is -2.31. The lowest BCUT2D eigenvalue weighted by Crippen LogP contribution is -2.30. The summed E-state index contributed by atoms with van der Waals surface area (Å²) in [5.41, 5.74) is 4.86.